The second-order valence-corrected chi connectivity index (χ2v) is 11.0. The fourth-order valence-electron chi connectivity index (χ4n) is 4.07. The van der Waals surface area contributed by atoms with Crippen LogP contribution in [0.1, 0.15) is 29.7 Å². The van der Waals surface area contributed by atoms with Crippen molar-refractivity contribution in [3.05, 3.63) is 125 Å². The zero-order chi connectivity index (χ0) is 27.1. The summed E-state index contributed by atoms with van der Waals surface area (Å²) >= 11 is 6.00. The topological polar surface area (TPSA) is 75.7 Å². The first-order valence-corrected chi connectivity index (χ1v) is 14.0. The van der Waals surface area contributed by atoms with Gasteiger partial charge in [0.2, 0.25) is 5.91 Å². The minimum Gasteiger partial charge on any atom is -0.492 e. The van der Waals surface area contributed by atoms with E-state index in [9.17, 15) is 13.2 Å². The van der Waals surface area contributed by atoms with Crippen LogP contribution in [0.25, 0.3) is 0 Å². The van der Waals surface area contributed by atoms with Gasteiger partial charge in [-0.3, -0.25) is 9.10 Å². The molecule has 1 amide bonds. The normalized spacial score (nSPS) is 12.0. The van der Waals surface area contributed by atoms with Crippen molar-refractivity contribution in [2.24, 2.45) is 0 Å². The Morgan fingerprint density at radius 2 is 1.47 bits per heavy atom. The van der Waals surface area contributed by atoms with Gasteiger partial charge in [0.05, 0.1) is 23.2 Å². The number of nitrogens with zero attached hydrogens (tertiary/aromatic N) is 1. The number of anilines is 1. The maximum Gasteiger partial charge on any atom is 0.264 e. The number of carbonyl (C=O) groups is 1. The first kappa shape index (κ1) is 27.2. The van der Waals surface area contributed by atoms with Crippen LogP contribution >= 0.6 is 11.6 Å². The summed E-state index contributed by atoms with van der Waals surface area (Å²) in [4.78, 5) is 13.6. The fraction of sp³-hybridized carbons (Fsp3) is 0.167. The van der Waals surface area contributed by atoms with Crippen LogP contribution in [-0.4, -0.2) is 27.5 Å². The van der Waals surface area contributed by atoms with Crippen LogP contribution in [0.4, 0.5) is 5.69 Å². The van der Waals surface area contributed by atoms with Gasteiger partial charge in [0.25, 0.3) is 10.0 Å². The van der Waals surface area contributed by atoms with E-state index in [1.54, 1.807) is 24.3 Å². The van der Waals surface area contributed by atoms with E-state index in [1.165, 1.54) is 24.3 Å². The molecule has 0 saturated carbocycles. The lowest BCUT2D eigenvalue weighted by molar-refractivity contribution is -0.120. The summed E-state index contributed by atoms with van der Waals surface area (Å²) in [5.41, 5.74) is 3.13. The number of amides is 1. The van der Waals surface area contributed by atoms with E-state index in [4.69, 9.17) is 16.3 Å². The van der Waals surface area contributed by atoms with E-state index in [0.717, 1.165) is 21.0 Å². The Bertz CT molecular complexity index is 1480. The van der Waals surface area contributed by atoms with E-state index in [0.29, 0.717) is 17.4 Å². The Morgan fingerprint density at radius 3 is 2.13 bits per heavy atom. The summed E-state index contributed by atoms with van der Waals surface area (Å²) in [7, 11) is -4.14. The summed E-state index contributed by atoms with van der Waals surface area (Å²) in [6, 6.07) is 29.6. The number of benzene rings is 4. The Balaban J connectivity index is 1.72. The Labute approximate surface area is 228 Å². The lowest BCUT2D eigenvalue weighted by Crippen LogP contribution is -2.42. The fourth-order valence-corrected chi connectivity index (χ4v) is 5.63. The highest BCUT2D eigenvalue weighted by atomic mass is 35.5. The van der Waals surface area contributed by atoms with Gasteiger partial charge in [-0.15, -0.1) is 0 Å². The molecule has 4 aromatic rings. The molecule has 6 nitrogen and oxygen atoms in total. The van der Waals surface area contributed by atoms with Crippen molar-refractivity contribution in [1.82, 2.24) is 5.32 Å². The Hall–Kier alpha value is -3.81. The van der Waals surface area contributed by atoms with Crippen LogP contribution in [0.15, 0.2) is 108 Å². The van der Waals surface area contributed by atoms with Gasteiger partial charge in [0.15, 0.2) is 0 Å². The zero-order valence-electron chi connectivity index (χ0n) is 21.2. The van der Waals surface area contributed by atoms with Crippen molar-refractivity contribution in [3.63, 3.8) is 0 Å². The van der Waals surface area contributed by atoms with Gasteiger partial charge in [-0.2, -0.15) is 0 Å². The molecule has 4 rings (SSSR count). The quantitative estimate of drug-likeness (QED) is 0.258. The summed E-state index contributed by atoms with van der Waals surface area (Å²) in [6.07, 6.45) is 0. The molecule has 1 N–H and O–H groups in total. The molecule has 0 aliphatic carbocycles. The number of carbonyl (C=O) groups excluding carboxylic acids is 1. The molecule has 0 aliphatic rings. The highest BCUT2D eigenvalue weighted by molar-refractivity contribution is 7.92. The monoisotopic (exact) mass is 548 g/mol. The number of aryl methyl sites for hydroxylation is 1. The number of hydrogen-bond donors (Lipinski definition) is 1. The molecular formula is C30H29ClN2O4S. The van der Waals surface area contributed by atoms with Gasteiger partial charge in [0.1, 0.15) is 12.3 Å². The van der Waals surface area contributed by atoms with Crippen molar-refractivity contribution < 1.29 is 17.9 Å². The molecule has 8 heteroatoms. The first-order chi connectivity index (χ1) is 18.3. The minimum atomic E-state index is -4.14. The molecule has 0 saturated heterocycles. The number of halogens is 1. The van der Waals surface area contributed by atoms with Crippen LogP contribution in [0.5, 0.6) is 5.75 Å². The number of hydrogen-bond acceptors (Lipinski definition) is 4. The number of rotatable bonds is 10. The van der Waals surface area contributed by atoms with Crippen molar-refractivity contribution in [2.45, 2.75) is 24.8 Å². The number of nitrogens with one attached hydrogen (secondary N) is 1. The van der Waals surface area contributed by atoms with Crippen molar-refractivity contribution >= 4 is 33.2 Å². The standard InChI is InChI=1S/C30H29ClN2O4S/c1-3-37-28-12-8-7-11-27(28)33(38(35,36)26-19-17-25(31)18-20-26)21-29(34)32-30(23-9-5-4-6-10-23)24-15-13-22(2)14-16-24/h4-20,30H,3,21H2,1-2H3,(H,32,34)/t30-/m1/s1. The minimum absolute atomic E-state index is 0.0131. The van der Waals surface area contributed by atoms with E-state index in [-0.39, 0.29) is 10.6 Å². The van der Waals surface area contributed by atoms with E-state index in [1.807, 2.05) is 68.4 Å². The molecule has 1 atom stereocenters. The van der Waals surface area contributed by atoms with Gasteiger partial charge in [0, 0.05) is 5.02 Å². The lowest BCUT2D eigenvalue weighted by Gasteiger charge is -2.27. The molecule has 0 radical (unpaired) electrons. The van der Waals surface area contributed by atoms with Crippen LogP contribution in [0.2, 0.25) is 5.02 Å². The summed E-state index contributed by atoms with van der Waals surface area (Å²) in [5.74, 6) is -0.109. The van der Waals surface area contributed by atoms with Crippen LogP contribution in [0.3, 0.4) is 0 Å². The van der Waals surface area contributed by atoms with Crippen molar-refractivity contribution in [1.29, 1.82) is 0 Å². The Kier molecular flexibility index (Phi) is 8.71. The third-order valence-electron chi connectivity index (χ3n) is 5.97. The molecule has 0 unspecified atom stereocenters. The molecule has 0 bridgehead atoms. The summed E-state index contributed by atoms with van der Waals surface area (Å²) in [5, 5.41) is 3.46. The molecule has 0 heterocycles. The van der Waals surface area contributed by atoms with Crippen LogP contribution in [0, 0.1) is 6.92 Å². The van der Waals surface area contributed by atoms with Gasteiger partial charge in [-0.25, -0.2) is 8.42 Å². The van der Waals surface area contributed by atoms with Gasteiger partial charge >= 0.3 is 0 Å². The third-order valence-corrected chi connectivity index (χ3v) is 8.00. The highest BCUT2D eigenvalue weighted by Gasteiger charge is 2.30. The molecule has 0 fully saturated rings. The number of para-hydroxylation sites is 2. The van der Waals surface area contributed by atoms with Crippen molar-refractivity contribution in [2.75, 3.05) is 17.5 Å². The smallest absolute Gasteiger partial charge is 0.264 e. The second-order valence-electron chi connectivity index (χ2n) is 8.69. The lowest BCUT2D eigenvalue weighted by atomic mass is 9.98. The number of sulfonamides is 1. The van der Waals surface area contributed by atoms with E-state index in [2.05, 4.69) is 5.32 Å². The maximum absolute atomic E-state index is 13.8. The van der Waals surface area contributed by atoms with Gasteiger partial charge < -0.3 is 10.1 Å². The van der Waals surface area contributed by atoms with Gasteiger partial charge in [-0.1, -0.05) is 83.9 Å². The third kappa shape index (κ3) is 6.36. The SMILES string of the molecule is CCOc1ccccc1N(CC(=O)N[C@H](c1ccccc1)c1ccc(C)cc1)S(=O)(=O)c1ccc(Cl)cc1. The molecule has 0 aliphatic heterocycles. The van der Waals surface area contributed by atoms with Gasteiger partial charge in [-0.05, 0) is 61.4 Å². The van der Waals surface area contributed by atoms with Crippen LogP contribution in [-0.2, 0) is 14.8 Å². The van der Waals surface area contributed by atoms with Crippen molar-refractivity contribution in [3.8, 4) is 5.75 Å². The zero-order valence-corrected chi connectivity index (χ0v) is 22.7. The molecule has 0 aromatic heterocycles. The Morgan fingerprint density at radius 1 is 0.868 bits per heavy atom. The molecule has 4 aromatic carbocycles. The predicted molar refractivity (Wildman–Crippen MR) is 151 cm³/mol. The summed E-state index contributed by atoms with van der Waals surface area (Å²) in [6.45, 7) is 3.69. The number of ether oxygens (including phenoxy) is 1. The largest absolute Gasteiger partial charge is 0.492 e. The molecule has 38 heavy (non-hydrogen) atoms. The van der Waals surface area contributed by atoms with E-state index < -0.39 is 28.5 Å². The maximum atomic E-state index is 13.8. The summed E-state index contributed by atoms with van der Waals surface area (Å²) < 4.78 is 34.5. The van der Waals surface area contributed by atoms with E-state index >= 15 is 0 Å². The predicted octanol–water partition coefficient (Wildman–Crippen LogP) is 6.15. The highest BCUT2D eigenvalue weighted by Crippen LogP contribution is 2.33. The average molecular weight is 549 g/mol. The molecular weight excluding hydrogens is 520 g/mol. The average Bonchev–Trinajstić information content (AvgIpc) is 2.92. The van der Waals surface area contributed by atoms with Crippen LogP contribution < -0.4 is 14.4 Å². The molecule has 0 spiro atoms. The molecule has 196 valence electrons. The second kappa shape index (κ2) is 12.2. The first-order valence-electron chi connectivity index (χ1n) is 12.2.